The largest absolute Gasteiger partial charge is 0.350 e. The fourth-order valence-electron chi connectivity index (χ4n) is 3.10. The second-order valence-electron chi connectivity index (χ2n) is 7.59. The fourth-order valence-corrected chi connectivity index (χ4v) is 3.10. The van der Waals surface area contributed by atoms with Crippen LogP contribution in [0.1, 0.15) is 66.6 Å². The van der Waals surface area contributed by atoms with Gasteiger partial charge in [-0.25, -0.2) is 9.97 Å². The number of pyridine rings is 1. The van der Waals surface area contributed by atoms with Gasteiger partial charge in [0, 0.05) is 37.0 Å². The highest BCUT2D eigenvalue weighted by Gasteiger charge is 2.17. The third-order valence-electron chi connectivity index (χ3n) is 4.70. The van der Waals surface area contributed by atoms with Crippen molar-refractivity contribution in [2.75, 3.05) is 10.6 Å². The molecule has 2 heterocycles. The zero-order valence-electron chi connectivity index (χ0n) is 17.3. The van der Waals surface area contributed by atoms with E-state index in [1.807, 2.05) is 18.2 Å². The number of carbonyl (C=O) groups is 1. The summed E-state index contributed by atoms with van der Waals surface area (Å²) in [5.41, 5.74) is 4.59. The minimum atomic E-state index is -0.209. The SMILES string of the molecule is CC(C)c1cccc(C(C)C)c1NC(=O)c1cnc(NCc2cccnc2)nc1. The first-order valence-electron chi connectivity index (χ1n) is 9.84. The van der Waals surface area contributed by atoms with Gasteiger partial charge in [-0.05, 0) is 34.6 Å². The van der Waals surface area contributed by atoms with E-state index in [1.165, 1.54) is 0 Å². The van der Waals surface area contributed by atoms with Gasteiger partial charge in [0.15, 0.2) is 0 Å². The van der Waals surface area contributed by atoms with Crippen molar-refractivity contribution in [2.45, 2.75) is 46.1 Å². The minimum Gasteiger partial charge on any atom is -0.350 e. The molecule has 0 aliphatic rings. The number of hydrogen-bond donors (Lipinski definition) is 2. The van der Waals surface area contributed by atoms with Gasteiger partial charge in [0.1, 0.15) is 0 Å². The van der Waals surface area contributed by atoms with Crippen LogP contribution < -0.4 is 10.6 Å². The molecule has 2 aromatic heterocycles. The second kappa shape index (κ2) is 9.28. The molecule has 6 nitrogen and oxygen atoms in total. The summed E-state index contributed by atoms with van der Waals surface area (Å²) in [6.07, 6.45) is 6.60. The Bertz CT molecular complexity index is 927. The number of benzene rings is 1. The van der Waals surface area contributed by atoms with Gasteiger partial charge in [-0.3, -0.25) is 9.78 Å². The first-order chi connectivity index (χ1) is 14.0. The average molecular weight is 390 g/mol. The zero-order valence-corrected chi connectivity index (χ0v) is 17.3. The van der Waals surface area contributed by atoms with Gasteiger partial charge in [0.2, 0.25) is 5.95 Å². The molecule has 0 unspecified atom stereocenters. The predicted molar refractivity (Wildman–Crippen MR) is 116 cm³/mol. The number of aromatic nitrogens is 3. The Hall–Kier alpha value is -3.28. The van der Waals surface area contributed by atoms with E-state index in [2.05, 4.69) is 65.4 Å². The summed E-state index contributed by atoms with van der Waals surface area (Å²) in [5, 5.41) is 6.22. The summed E-state index contributed by atoms with van der Waals surface area (Å²) in [4.78, 5) is 25.4. The third-order valence-corrected chi connectivity index (χ3v) is 4.70. The number of nitrogens with zero attached hydrogens (tertiary/aromatic N) is 3. The van der Waals surface area contributed by atoms with E-state index >= 15 is 0 Å². The fraction of sp³-hybridized carbons (Fsp3) is 0.304. The van der Waals surface area contributed by atoms with Crippen LogP contribution in [0.25, 0.3) is 0 Å². The molecule has 0 aliphatic heterocycles. The van der Waals surface area contributed by atoms with Crippen LogP contribution in [0.15, 0.2) is 55.1 Å². The Morgan fingerprint density at radius 2 is 1.59 bits per heavy atom. The van der Waals surface area contributed by atoms with Gasteiger partial charge >= 0.3 is 0 Å². The van der Waals surface area contributed by atoms with Crippen molar-refractivity contribution >= 4 is 17.5 Å². The lowest BCUT2D eigenvalue weighted by atomic mass is 9.92. The van der Waals surface area contributed by atoms with Gasteiger partial charge in [-0.15, -0.1) is 0 Å². The highest BCUT2D eigenvalue weighted by molar-refractivity contribution is 6.04. The first kappa shape index (κ1) is 20.5. The quantitative estimate of drug-likeness (QED) is 0.595. The van der Waals surface area contributed by atoms with E-state index in [1.54, 1.807) is 24.8 Å². The molecule has 0 saturated carbocycles. The van der Waals surface area contributed by atoms with Crippen molar-refractivity contribution in [1.82, 2.24) is 15.0 Å². The van der Waals surface area contributed by atoms with Crippen molar-refractivity contribution in [2.24, 2.45) is 0 Å². The molecule has 0 bridgehead atoms. The topological polar surface area (TPSA) is 79.8 Å². The lowest BCUT2D eigenvalue weighted by molar-refractivity contribution is 0.102. The maximum absolute atomic E-state index is 12.8. The molecule has 3 aromatic rings. The number of rotatable bonds is 7. The van der Waals surface area contributed by atoms with Crippen LogP contribution in [-0.4, -0.2) is 20.9 Å². The molecule has 150 valence electrons. The van der Waals surface area contributed by atoms with Crippen LogP contribution >= 0.6 is 0 Å². The van der Waals surface area contributed by atoms with E-state index in [0.717, 1.165) is 22.4 Å². The molecule has 6 heteroatoms. The molecule has 2 N–H and O–H groups in total. The van der Waals surface area contributed by atoms with Gasteiger partial charge in [0.05, 0.1) is 5.56 Å². The second-order valence-corrected chi connectivity index (χ2v) is 7.59. The van der Waals surface area contributed by atoms with E-state index in [9.17, 15) is 4.79 Å². The summed E-state index contributed by atoms with van der Waals surface area (Å²) in [5.74, 6) is 0.869. The van der Waals surface area contributed by atoms with Crippen LogP contribution in [0.5, 0.6) is 0 Å². The predicted octanol–water partition coefficient (Wildman–Crippen LogP) is 4.98. The monoisotopic (exact) mass is 389 g/mol. The van der Waals surface area contributed by atoms with Gasteiger partial charge in [-0.2, -0.15) is 0 Å². The summed E-state index contributed by atoms with van der Waals surface area (Å²) >= 11 is 0. The number of amides is 1. The average Bonchev–Trinajstić information content (AvgIpc) is 2.73. The summed E-state index contributed by atoms with van der Waals surface area (Å²) in [6, 6.07) is 10.0. The standard InChI is InChI=1S/C23H27N5O/c1-15(2)19-8-5-9-20(16(3)4)21(19)28-22(29)18-13-26-23(27-14-18)25-12-17-7-6-10-24-11-17/h5-11,13-16H,12H2,1-4H3,(H,28,29)(H,25,26,27). The van der Waals surface area contributed by atoms with Crippen molar-refractivity contribution in [1.29, 1.82) is 0 Å². The third kappa shape index (κ3) is 5.16. The van der Waals surface area contributed by atoms with E-state index in [-0.39, 0.29) is 5.91 Å². The van der Waals surface area contributed by atoms with Gasteiger partial charge < -0.3 is 10.6 Å². The number of hydrogen-bond acceptors (Lipinski definition) is 5. The Kier molecular flexibility index (Phi) is 6.54. The minimum absolute atomic E-state index is 0.209. The smallest absolute Gasteiger partial charge is 0.258 e. The molecule has 0 saturated heterocycles. The molecule has 3 rings (SSSR count). The van der Waals surface area contributed by atoms with E-state index in [4.69, 9.17) is 0 Å². The molecular formula is C23H27N5O. The van der Waals surface area contributed by atoms with Crippen molar-refractivity contribution in [3.63, 3.8) is 0 Å². The normalized spacial score (nSPS) is 11.0. The van der Waals surface area contributed by atoms with Crippen molar-refractivity contribution in [3.05, 3.63) is 77.4 Å². The van der Waals surface area contributed by atoms with Crippen molar-refractivity contribution < 1.29 is 4.79 Å². The highest BCUT2D eigenvalue weighted by Crippen LogP contribution is 2.32. The van der Waals surface area contributed by atoms with E-state index in [0.29, 0.717) is 29.9 Å². The van der Waals surface area contributed by atoms with Crippen LogP contribution in [0.2, 0.25) is 0 Å². The zero-order chi connectivity index (χ0) is 20.8. The Balaban J connectivity index is 1.73. The first-order valence-corrected chi connectivity index (χ1v) is 9.84. The number of anilines is 2. The van der Waals surface area contributed by atoms with Gasteiger partial charge in [-0.1, -0.05) is 52.0 Å². The van der Waals surface area contributed by atoms with Crippen LogP contribution in [0.4, 0.5) is 11.6 Å². The Labute approximate surface area is 171 Å². The molecule has 0 spiro atoms. The summed E-state index contributed by atoms with van der Waals surface area (Å²) < 4.78 is 0. The number of nitrogens with one attached hydrogen (secondary N) is 2. The van der Waals surface area contributed by atoms with Crippen LogP contribution in [-0.2, 0) is 6.54 Å². The maximum atomic E-state index is 12.8. The molecule has 0 aliphatic carbocycles. The highest BCUT2D eigenvalue weighted by atomic mass is 16.1. The lowest BCUT2D eigenvalue weighted by Crippen LogP contribution is -2.17. The molecule has 0 radical (unpaired) electrons. The summed E-state index contributed by atoms with van der Waals surface area (Å²) in [7, 11) is 0. The molecule has 1 amide bonds. The molecule has 29 heavy (non-hydrogen) atoms. The Morgan fingerprint density at radius 3 is 2.14 bits per heavy atom. The Morgan fingerprint density at radius 1 is 0.931 bits per heavy atom. The lowest BCUT2D eigenvalue weighted by Gasteiger charge is -2.20. The van der Waals surface area contributed by atoms with Gasteiger partial charge in [0.25, 0.3) is 5.91 Å². The number of carbonyl (C=O) groups excluding carboxylic acids is 1. The molecular weight excluding hydrogens is 362 g/mol. The number of para-hydroxylation sites is 1. The van der Waals surface area contributed by atoms with E-state index < -0.39 is 0 Å². The van der Waals surface area contributed by atoms with Crippen LogP contribution in [0.3, 0.4) is 0 Å². The van der Waals surface area contributed by atoms with Crippen LogP contribution in [0, 0.1) is 0 Å². The molecule has 1 aromatic carbocycles. The van der Waals surface area contributed by atoms with Crippen molar-refractivity contribution in [3.8, 4) is 0 Å². The maximum Gasteiger partial charge on any atom is 0.258 e. The molecule has 0 atom stereocenters. The molecule has 0 fully saturated rings. The summed E-state index contributed by atoms with van der Waals surface area (Å²) in [6.45, 7) is 9.07.